The second-order valence-corrected chi connectivity index (χ2v) is 4.92. The minimum Gasteiger partial charge on any atom is -0.494 e. The van der Waals surface area contributed by atoms with Gasteiger partial charge in [-0.3, -0.25) is 9.59 Å². The lowest BCUT2D eigenvalue weighted by molar-refractivity contribution is -0.142. The fraction of sp³-hybridized carbons (Fsp3) is 0.467. The van der Waals surface area contributed by atoms with E-state index in [1.165, 1.54) is 0 Å². The van der Waals surface area contributed by atoms with Gasteiger partial charge in [-0.15, -0.1) is 0 Å². The molecule has 2 rings (SSSR count). The van der Waals surface area contributed by atoms with E-state index in [0.717, 1.165) is 17.9 Å². The summed E-state index contributed by atoms with van der Waals surface area (Å²) in [4.78, 5) is 24.5. The van der Waals surface area contributed by atoms with Crippen molar-refractivity contribution < 1.29 is 19.4 Å². The molecule has 1 atom stereocenters. The summed E-state index contributed by atoms with van der Waals surface area (Å²) < 4.78 is 5.49. The summed E-state index contributed by atoms with van der Waals surface area (Å²) in [6.45, 7) is 2.93. The number of ether oxygens (including phenoxy) is 1. The Balaban J connectivity index is 2.08. The van der Waals surface area contributed by atoms with Crippen molar-refractivity contribution in [2.45, 2.75) is 26.2 Å². The molecule has 0 spiro atoms. The molecule has 1 heterocycles. The van der Waals surface area contributed by atoms with E-state index < -0.39 is 11.9 Å². The number of hydrogen-bond acceptors (Lipinski definition) is 3. The second kappa shape index (κ2) is 6.41. The molecule has 108 valence electrons. The maximum Gasteiger partial charge on any atom is 0.308 e. The van der Waals surface area contributed by atoms with Gasteiger partial charge in [-0.2, -0.15) is 0 Å². The molecule has 1 aromatic carbocycles. The smallest absolute Gasteiger partial charge is 0.308 e. The molecule has 1 aliphatic rings. The molecule has 1 N–H and O–H groups in total. The Morgan fingerprint density at radius 3 is 2.70 bits per heavy atom. The molecule has 0 aliphatic carbocycles. The van der Waals surface area contributed by atoms with Crippen LogP contribution in [-0.2, 0) is 9.59 Å². The molecular formula is C15H19NO4. The molecule has 0 aromatic heterocycles. The maximum absolute atomic E-state index is 11.9. The summed E-state index contributed by atoms with van der Waals surface area (Å²) in [6, 6.07) is 7.21. The predicted octanol–water partition coefficient (Wildman–Crippen LogP) is 2.30. The lowest BCUT2D eigenvalue weighted by Gasteiger charge is -2.30. The summed E-state index contributed by atoms with van der Waals surface area (Å²) in [5.41, 5.74) is 0.727. The molecule has 0 bridgehead atoms. The van der Waals surface area contributed by atoms with Gasteiger partial charge in [0.05, 0.1) is 12.5 Å². The lowest BCUT2D eigenvalue weighted by Crippen LogP contribution is -2.42. The Morgan fingerprint density at radius 1 is 1.40 bits per heavy atom. The van der Waals surface area contributed by atoms with Gasteiger partial charge < -0.3 is 14.7 Å². The monoisotopic (exact) mass is 277 g/mol. The highest BCUT2D eigenvalue weighted by Gasteiger charge is 2.30. The van der Waals surface area contributed by atoms with Gasteiger partial charge in [0.25, 0.3) is 0 Å². The zero-order valence-corrected chi connectivity index (χ0v) is 11.5. The van der Waals surface area contributed by atoms with E-state index in [2.05, 4.69) is 0 Å². The second-order valence-electron chi connectivity index (χ2n) is 4.92. The number of amides is 1. The number of piperidine rings is 1. The molecule has 1 amide bonds. The van der Waals surface area contributed by atoms with Crippen molar-refractivity contribution in [1.82, 2.24) is 0 Å². The van der Waals surface area contributed by atoms with Gasteiger partial charge >= 0.3 is 5.97 Å². The number of carboxylic acid groups (broad SMARTS) is 1. The first-order chi connectivity index (χ1) is 9.61. The van der Waals surface area contributed by atoms with Crippen molar-refractivity contribution in [1.29, 1.82) is 0 Å². The van der Waals surface area contributed by atoms with Crippen LogP contribution in [0.2, 0.25) is 0 Å². The van der Waals surface area contributed by atoms with Crippen LogP contribution in [0.3, 0.4) is 0 Å². The van der Waals surface area contributed by atoms with E-state index in [1.807, 2.05) is 19.1 Å². The van der Waals surface area contributed by atoms with E-state index in [9.17, 15) is 9.59 Å². The fourth-order valence-corrected chi connectivity index (χ4v) is 2.24. The van der Waals surface area contributed by atoms with E-state index in [-0.39, 0.29) is 18.9 Å². The normalized spacial score (nSPS) is 18.9. The molecular weight excluding hydrogens is 258 g/mol. The highest BCUT2D eigenvalue weighted by atomic mass is 16.5. The number of carbonyl (C=O) groups is 2. The van der Waals surface area contributed by atoms with Gasteiger partial charge in [-0.1, -0.05) is 6.92 Å². The summed E-state index contributed by atoms with van der Waals surface area (Å²) in [6.07, 6.45) is 1.64. The number of benzene rings is 1. The van der Waals surface area contributed by atoms with Crippen LogP contribution in [0.5, 0.6) is 5.75 Å². The van der Waals surface area contributed by atoms with Crippen LogP contribution in [0.15, 0.2) is 24.3 Å². The van der Waals surface area contributed by atoms with E-state index in [1.54, 1.807) is 17.0 Å². The quantitative estimate of drug-likeness (QED) is 0.896. The van der Waals surface area contributed by atoms with Gasteiger partial charge in [0.2, 0.25) is 5.91 Å². The van der Waals surface area contributed by atoms with E-state index in [0.29, 0.717) is 13.0 Å². The summed E-state index contributed by atoms with van der Waals surface area (Å²) in [7, 11) is 0. The molecule has 0 saturated carbocycles. The zero-order chi connectivity index (χ0) is 14.5. The van der Waals surface area contributed by atoms with Crippen LogP contribution in [0, 0.1) is 5.92 Å². The molecule has 1 aliphatic heterocycles. The number of carboxylic acids is 1. The summed E-state index contributed by atoms with van der Waals surface area (Å²) >= 11 is 0. The van der Waals surface area contributed by atoms with Crippen LogP contribution in [0.4, 0.5) is 5.69 Å². The largest absolute Gasteiger partial charge is 0.494 e. The van der Waals surface area contributed by atoms with Gasteiger partial charge in [0.1, 0.15) is 5.75 Å². The van der Waals surface area contributed by atoms with Crippen LogP contribution in [0.1, 0.15) is 26.2 Å². The van der Waals surface area contributed by atoms with Gasteiger partial charge in [0, 0.05) is 18.7 Å². The molecule has 5 nitrogen and oxygen atoms in total. The topological polar surface area (TPSA) is 66.8 Å². The highest BCUT2D eigenvalue weighted by Crippen LogP contribution is 2.26. The van der Waals surface area contributed by atoms with Crippen molar-refractivity contribution in [3.8, 4) is 5.75 Å². The van der Waals surface area contributed by atoms with Gasteiger partial charge in [-0.05, 0) is 37.1 Å². The Bertz CT molecular complexity index is 483. The van der Waals surface area contributed by atoms with Crippen molar-refractivity contribution in [3.05, 3.63) is 24.3 Å². The van der Waals surface area contributed by atoms with Crippen molar-refractivity contribution in [2.24, 2.45) is 5.92 Å². The Kier molecular flexibility index (Phi) is 4.61. The average molecular weight is 277 g/mol. The van der Waals surface area contributed by atoms with Crippen LogP contribution >= 0.6 is 0 Å². The van der Waals surface area contributed by atoms with Crippen LogP contribution in [-0.4, -0.2) is 30.1 Å². The van der Waals surface area contributed by atoms with Crippen LogP contribution < -0.4 is 9.64 Å². The number of anilines is 1. The first-order valence-electron chi connectivity index (χ1n) is 6.88. The third kappa shape index (κ3) is 3.29. The molecule has 0 radical (unpaired) electrons. The van der Waals surface area contributed by atoms with Crippen molar-refractivity contribution in [2.75, 3.05) is 18.1 Å². The maximum atomic E-state index is 11.9. The Labute approximate surface area is 118 Å². The third-order valence-electron chi connectivity index (χ3n) is 3.38. The molecule has 1 fully saturated rings. The Hall–Kier alpha value is -2.04. The van der Waals surface area contributed by atoms with E-state index in [4.69, 9.17) is 9.84 Å². The predicted molar refractivity (Wildman–Crippen MR) is 74.9 cm³/mol. The minimum absolute atomic E-state index is 0.0234. The van der Waals surface area contributed by atoms with Crippen molar-refractivity contribution in [3.63, 3.8) is 0 Å². The Morgan fingerprint density at radius 2 is 2.10 bits per heavy atom. The molecule has 1 aromatic rings. The first kappa shape index (κ1) is 14.4. The lowest BCUT2D eigenvalue weighted by atomic mass is 9.97. The fourth-order valence-electron chi connectivity index (χ4n) is 2.24. The summed E-state index contributed by atoms with van der Waals surface area (Å²) in [5, 5.41) is 9.07. The first-order valence-corrected chi connectivity index (χ1v) is 6.88. The third-order valence-corrected chi connectivity index (χ3v) is 3.38. The molecule has 1 saturated heterocycles. The zero-order valence-electron chi connectivity index (χ0n) is 11.5. The number of aliphatic carboxylic acids is 1. The van der Waals surface area contributed by atoms with Gasteiger partial charge in [-0.25, -0.2) is 0 Å². The standard InChI is InChI=1S/C15H19NO4/c1-2-9-20-13-6-4-12(5-7-13)16-10-11(15(18)19)3-8-14(16)17/h4-7,11H,2-3,8-10H2,1H3,(H,18,19). The number of nitrogens with zero attached hydrogens (tertiary/aromatic N) is 1. The number of hydrogen-bond donors (Lipinski definition) is 1. The van der Waals surface area contributed by atoms with Crippen molar-refractivity contribution >= 4 is 17.6 Å². The van der Waals surface area contributed by atoms with Crippen LogP contribution in [0.25, 0.3) is 0 Å². The highest BCUT2D eigenvalue weighted by molar-refractivity contribution is 5.95. The molecule has 5 heteroatoms. The van der Waals surface area contributed by atoms with Gasteiger partial charge in [0.15, 0.2) is 0 Å². The average Bonchev–Trinajstić information content (AvgIpc) is 2.46. The number of carbonyl (C=O) groups excluding carboxylic acids is 1. The number of rotatable bonds is 5. The van der Waals surface area contributed by atoms with E-state index >= 15 is 0 Å². The SMILES string of the molecule is CCCOc1ccc(N2CC(C(=O)O)CCC2=O)cc1. The molecule has 1 unspecified atom stereocenters. The summed E-state index contributed by atoms with van der Waals surface area (Å²) in [5.74, 6) is -0.589. The molecule has 20 heavy (non-hydrogen) atoms. The minimum atomic E-state index is -0.842.